The number of nitrogens with zero attached hydrogens (tertiary/aromatic N) is 1. The van der Waals surface area contributed by atoms with Crippen LogP contribution in [-0.2, 0) is 20.7 Å². The Kier molecular flexibility index (Phi) is 6.60. The van der Waals surface area contributed by atoms with Gasteiger partial charge in [0, 0.05) is 25.4 Å². The van der Waals surface area contributed by atoms with E-state index < -0.39 is 6.04 Å². The van der Waals surface area contributed by atoms with Crippen LogP contribution in [0, 0.1) is 5.92 Å². The summed E-state index contributed by atoms with van der Waals surface area (Å²) < 4.78 is 5.28. The zero-order valence-electron chi connectivity index (χ0n) is 13.6. The Hall–Kier alpha value is -1.63. The van der Waals surface area contributed by atoms with E-state index in [2.05, 4.69) is 5.32 Å². The Morgan fingerprint density at radius 2 is 2.00 bits per heavy atom. The van der Waals surface area contributed by atoms with Gasteiger partial charge in [0.15, 0.2) is 0 Å². The lowest BCUT2D eigenvalue weighted by Gasteiger charge is -2.27. The number of carbonyl (C=O) groups is 2. The molecular formula is C17H24ClN3O3. The van der Waals surface area contributed by atoms with Crippen LogP contribution >= 0.6 is 12.4 Å². The number of benzene rings is 1. The van der Waals surface area contributed by atoms with Gasteiger partial charge in [-0.1, -0.05) is 18.2 Å². The number of nitrogens with one attached hydrogen (secondary N) is 1. The minimum Gasteiger partial charge on any atom is -0.381 e. The van der Waals surface area contributed by atoms with Crippen molar-refractivity contribution in [1.82, 2.24) is 5.32 Å². The fraction of sp³-hybridized carbons (Fsp3) is 0.529. The molecule has 1 fully saturated rings. The summed E-state index contributed by atoms with van der Waals surface area (Å²) in [7, 11) is 0. The van der Waals surface area contributed by atoms with Gasteiger partial charge in [-0.15, -0.1) is 12.4 Å². The highest BCUT2D eigenvalue weighted by molar-refractivity contribution is 5.98. The first-order valence-electron chi connectivity index (χ1n) is 8.16. The molecule has 3 rings (SSSR count). The van der Waals surface area contributed by atoms with Crippen molar-refractivity contribution in [2.75, 3.05) is 31.2 Å². The van der Waals surface area contributed by atoms with Gasteiger partial charge in [-0.05, 0) is 36.8 Å². The molecule has 1 aromatic rings. The molecule has 0 bridgehead atoms. The van der Waals surface area contributed by atoms with Gasteiger partial charge in [0.2, 0.25) is 11.8 Å². The highest BCUT2D eigenvalue weighted by Crippen LogP contribution is 2.27. The van der Waals surface area contributed by atoms with Crippen LogP contribution in [-0.4, -0.2) is 44.2 Å². The Balaban J connectivity index is 0.00000208. The number of fused-ring (bicyclic) bond motifs is 1. The van der Waals surface area contributed by atoms with Gasteiger partial charge in [0.05, 0.1) is 12.6 Å². The van der Waals surface area contributed by atoms with Crippen LogP contribution < -0.4 is 16.0 Å². The first-order valence-corrected chi connectivity index (χ1v) is 8.16. The summed E-state index contributed by atoms with van der Waals surface area (Å²) in [5.41, 5.74) is 8.13. The Morgan fingerprint density at radius 1 is 1.29 bits per heavy atom. The molecule has 0 spiro atoms. The van der Waals surface area contributed by atoms with Gasteiger partial charge in [-0.3, -0.25) is 9.59 Å². The first-order chi connectivity index (χ1) is 11.2. The molecule has 0 aromatic heterocycles. The van der Waals surface area contributed by atoms with Gasteiger partial charge >= 0.3 is 0 Å². The highest BCUT2D eigenvalue weighted by Gasteiger charge is 2.28. The zero-order chi connectivity index (χ0) is 16.2. The van der Waals surface area contributed by atoms with Crippen molar-refractivity contribution >= 4 is 29.9 Å². The smallest absolute Gasteiger partial charge is 0.246 e. The maximum Gasteiger partial charge on any atom is 0.246 e. The summed E-state index contributed by atoms with van der Waals surface area (Å²) in [4.78, 5) is 26.3. The lowest BCUT2D eigenvalue weighted by Crippen LogP contribution is -2.49. The largest absolute Gasteiger partial charge is 0.381 e. The third-order valence-electron chi connectivity index (χ3n) is 4.68. The van der Waals surface area contributed by atoms with E-state index >= 15 is 0 Å². The van der Waals surface area contributed by atoms with E-state index in [9.17, 15) is 9.59 Å². The third kappa shape index (κ3) is 4.06. The molecule has 0 saturated carbocycles. The van der Waals surface area contributed by atoms with Gasteiger partial charge in [0.25, 0.3) is 0 Å². The van der Waals surface area contributed by atoms with Crippen molar-refractivity contribution in [3.63, 3.8) is 0 Å². The zero-order valence-corrected chi connectivity index (χ0v) is 14.4. The number of hydrogen-bond acceptors (Lipinski definition) is 4. The minimum atomic E-state index is -0.572. The molecule has 7 heteroatoms. The number of anilines is 1. The monoisotopic (exact) mass is 353 g/mol. The molecule has 6 nitrogen and oxygen atoms in total. The number of rotatable bonds is 4. The van der Waals surface area contributed by atoms with Crippen molar-refractivity contribution in [1.29, 1.82) is 0 Å². The molecule has 1 aromatic carbocycles. The van der Waals surface area contributed by atoms with Crippen LogP contribution in [0.5, 0.6) is 0 Å². The number of ether oxygens (including phenoxy) is 1. The average Bonchev–Trinajstić information content (AvgIpc) is 3.03. The summed E-state index contributed by atoms with van der Waals surface area (Å²) >= 11 is 0. The van der Waals surface area contributed by atoms with E-state index in [1.807, 2.05) is 24.3 Å². The molecule has 2 aliphatic heterocycles. The number of carbonyl (C=O) groups excluding carboxylic acids is 2. The third-order valence-corrected chi connectivity index (χ3v) is 4.68. The minimum absolute atomic E-state index is 0. The van der Waals surface area contributed by atoms with Crippen LogP contribution in [0.4, 0.5) is 5.69 Å². The van der Waals surface area contributed by atoms with Crippen molar-refractivity contribution < 1.29 is 14.3 Å². The van der Waals surface area contributed by atoms with Gasteiger partial charge in [-0.25, -0.2) is 0 Å². The second-order valence-electron chi connectivity index (χ2n) is 6.12. The molecule has 1 unspecified atom stereocenters. The van der Waals surface area contributed by atoms with E-state index in [1.54, 1.807) is 4.90 Å². The van der Waals surface area contributed by atoms with Crippen molar-refractivity contribution in [3.05, 3.63) is 29.8 Å². The van der Waals surface area contributed by atoms with Crippen LogP contribution in [0.1, 0.15) is 18.4 Å². The van der Waals surface area contributed by atoms with Crippen LogP contribution in [0.25, 0.3) is 0 Å². The highest BCUT2D eigenvalue weighted by atomic mass is 35.5. The summed E-state index contributed by atoms with van der Waals surface area (Å²) in [6, 6.07) is 7.29. The van der Waals surface area contributed by atoms with Crippen LogP contribution in [0.3, 0.4) is 0 Å². The Bertz CT molecular complexity index is 590. The molecule has 24 heavy (non-hydrogen) atoms. The summed E-state index contributed by atoms with van der Waals surface area (Å²) in [6.07, 6.45) is 2.45. The number of hydrogen-bond donors (Lipinski definition) is 2. The molecular weight excluding hydrogens is 330 g/mol. The normalized spacial score (nSPS) is 18.5. The number of amides is 2. The predicted octanol–water partition coefficient (Wildman–Crippen LogP) is 0.868. The Morgan fingerprint density at radius 3 is 2.75 bits per heavy atom. The molecule has 2 aliphatic rings. The number of para-hydroxylation sites is 1. The first kappa shape index (κ1) is 18.7. The lowest BCUT2D eigenvalue weighted by molar-refractivity contribution is -0.127. The molecule has 1 saturated heterocycles. The van der Waals surface area contributed by atoms with E-state index in [1.165, 1.54) is 5.56 Å². The second kappa shape index (κ2) is 8.46. The predicted molar refractivity (Wildman–Crippen MR) is 94.3 cm³/mol. The van der Waals surface area contributed by atoms with Gasteiger partial charge in [0.1, 0.15) is 0 Å². The maximum absolute atomic E-state index is 12.4. The average molecular weight is 354 g/mol. The fourth-order valence-electron chi connectivity index (χ4n) is 3.26. The summed E-state index contributed by atoms with van der Waals surface area (Å²) in [6.45, 7) is 1.95. The SMILES string of the molecule is Cl.NC(C(=O)NCC(=O)N1CCc2ccccc21)C1CCOCC1. The second-order valence-corrected chi connectivity index (χ2v) is 6.12. The standard InChI is InChI=1S/C17H23N3O3.ClH/c18-16(13-6-9-23-10-7-13)17(22)19-11-15(21)20-8-5-12-3-1-2-4-14(12)20;/h1-4,13,16H,5-11,18H2,(H,19,22);1H. The van der Waals surface area contributed by atoms with Crippen molar-refractivity contribution in [3.8, 4) is 0 Å². The fourth-order valence-corrected chi connectivity index (χ4v) is 3.26. The van der Waals surface area contributed by atoms with Crippen molar-refractivity contribution in [2.45, 2.75) is 25.3 Å². The van der Waals surface area contributed by atoms with E-state index in [-0.39, 0.29) is 36.7 Å². The van der Waals surface area contributed by atoms with Crippen molar-refractivity contribution in [2.24, 2.45) is 11.7 Å². The topological polar surface area (TPSA) is 84.7 Å². The van der Waals surface area contributed by atoms with E-state index in [0.29, 0.717) is 19.8 Å². The molecule has 1 atom stereocenters. The van der Waals surface area contributed by atoms with Crippen LogP contribution in [0.2, 0.25) is 0 Å². The summed E-state index contributed by atoms with van der Waals surface area (Å²) in [5, 5.41) is 2.69. The lowest BCUT2D eigenvalue weighted by atomic mass is 9.92. The molecule has 132 valence electrons. The number of halogens is 1. The van der Waals surface area contributed by atoms with Crippen LogP contribution in [0.15, 0.2) is 24.3 Å². The summed E-state index contributed by atoms with van der Waals surface area (Å²) in [5.74, 6) is -0.216. The molecule has 0 aliphatic carbocycles. The molecule has 2 amide bonds. The van der Waals surface area contributed by atoms with E-state index in [0.717, 1.165) is 24.9 Å². The van der Waals surface area contributed by atoms with Gasteiger partial charge < -0.3 is 20.7 Å². The Labute approximate surface area is 148 Å². The molecule has 0 radical (unpaired) electrons. The molecule has 2 heterocycles. The van der Waals surface area contributed by atoms with Gasteiger partial charge in [-0.2, -0.15) is 0 Å². The van der Waals surface area contributed by atoms with E-state index in [4.69, 9.17) is 10.5 Å². The quantitative estimate of drug-likeness (QED) is 0.841. The maximum atomic E-state index is 12.4. The molecule has 3 N–H and O–H groups in total. The number of nitrogens with two attached hydrogens (primary N) is 1.